The number of anilines is 1. The minimum absolute atomic E-state index is 0.0154. The Kier molecular flexibility index (Phi) is 8.96. The molecule has 1 saturated heterocycles. The van der Waals surface area contributed by atoms with Crippen LogP contribution < -0.4 is 19.5 Å². The van der Waals surface area contributed by atoms with E-state index in [-0.39, 0.29) is 56.3 Å². The summed E-state index contributed by atoms with van der Waals surface area (Å²) >= 11 is 0. The van der Waals surface area contributed by atoms with E-state index in [2.05, 4.69) is 5.32 Å². The van der Waals surface area contributed by atoms with Gasteiger partial charge < -0.3 is 44.7 Å². The lowest BCUT2D eigenvalue weighted by atomic mass is 9.80. The Bertz CT molecular complexity index is 1960. The highest BCUT2D eigenvalue weighted by atomic mass is 16.7. The predicted octanol–water partition coefficient (Wildman–Crippen LogP) is 2.34. The summed E-state index contributed by atoms with van der Waals surface area (Å²) in [4.78, 5) is 54.5. The van der Waals surface area contributed by atoms with Crippen LogP contribution in [0.3, 0.4) is 0 Å². The molecule has 0 spiro atoms. The number of fused-ring (bicyclic) bond motifs is 2. The van der Waals surface area contributed by atoms with Gasteiger partial charge in [0.2, 0.25) is 12.1 Å². The van der Waals surface area contributed by atoms with E-state index in [4.69, 9.17) is 18.9 Å². The van der Waals surface area contributed by atoms with Gasteiger partial charge in [-0.05, 0) is 73.5 Å². The van der Waals surface area contributed by atoms with E-state index in [9.17, 15) is 39.6 Å². The second-order valence-corrected chi connectivity index (χ2v) is 11.9. The van der Waals surface area contributed by atoms with Gasteiger partial charge in [0, 0.05) is 34.0 Å². The van der Waals surface area contributed by atoms with Crippen LogP contribution in [0.5, 0.6) is 17.2 Å². The number of allylic oxidation sites excluding steroid dienone is 4. The molecule has 0 amide bonds. The van der Waals surface area contributed by atoms with Crippen LogP contribution in [0, 0.1) is 13.8 Å². The molecular formula is C36H33NO12. The molecule has 1 fully saturated rings. The Balaban J connectivity index is 1.29. The number of carbonyl (C=O) groups excluding carboxylic acids is 4. The van der Waals surface area contributed by atoms with E-state index < -0.39 is 60.4 Å². The molecule has 3 aromatic carbocycles. The first-order chi connectivity index (χ1) is 23.4. The molecule has 5 N–H and O–H groups in total. The monoisotopic (exact) mass is 671 g/mol. The molecule has 13 heteroatoms. The summed E-state index contributed by atoms with van der Waals surface area (Å²) in [5.74, 6) is -1.57. The topological polar surface area (TPSA) is 198 Å². The molecule has 0 radical (unpaired) electrons. The van der Waals surface area contributed by atoms with E-state index >= 15 is 0 Å². The minimum Gasteiger partial charge on any atom is -0.496 e. The van der Waals surface area contributed by atoms with Crippen molar-refractivity contribution in [1.29, 1.82) is 0 Å². The fourth-order valence-corrected chi connectivity index (χ4v) is 6.27. The average Bonchev–Trinajstić information content (AvgIpc) is 3.08. The smallest absolute Gasteiger partial charge is 0.229 e. The molecule has 6 rings (SSSR count). The molecule has 5 atom stereocenters. The van der Waals surface area contributed by atoms with Gasteiger partial charge in [-0.15, -0.1) is 0 Å². The van der Waals surface area contributed by atoms with Crippen molar-refractivity contribution in [3.63, 3.8) is 0 Å². The van der Waals surface area contributed by atoms with Gasteiger partial charge in [-0.2, -0.15) is 0 Å². The van der Waals surface area contributed by atoms with Crippen LogP contribution in [0.15, 0.2) is 60.3 Å². The Morgan fingerprint density at radius 1 is 0.776 bits per heavy atom. The summed E-state index contributed by atoms with van der Waals surface area (Å²) in [6.07, 6.45) is -4.94. The lowest BCUT2D eigenvalue weighted by Crippen LogP contribution is -2.60. The highest BCUT2D eigenvalue weighted by Crippen LogP contribution is 2.42. The molecule has 49 heavy (non-hydrogen) atoms. The largest absolute Gasteiger partial charge is 0.496 e. The van der Waals surface area contributed by atoms with Crippen LogP contribution in [-0.2, 0) is 4.74 Å². The summed E-state index contributed by atoms with van der Waals surface area (Å²) in [5.41, 5.74) is 1.97. The highest BCUT2D eigenvalue weighted by molar-refractivity contribution is 6.40. The molecule has 3 aromatic rings. The first-order valence-electron chi connectivity index (χ1n) is 15.2. The molecule has 0 aromatic heterocycles. The zero-order valence-corrected chi connectivity index (χ0v) is 26.8. The molecule has 3 aliphatic rings. The molecule has 1 unspecified atom stereocenters. The van der Waals surface area contributed by atoms with Gasteiger partial charge in [0.25, 0.3) is 0 Å². The number of hydrogen-bond acceptors (Lipinski definition) is 13. The maximum atomic E-state index is 14.0. The number of aliphatic hydroxyl groups excluding tert-OH is 4. The highest BCUT2D eigenvalue weighted by Gasteiger charge is 2.45. The maximum Gasteiger partial charge on any atom is 0.229 e. The lowest BCUT2D eigenvalue weighted by molar-refractivity contribution is -0.277. The van der Waals surface area contributed by atoms with Crippen molar-refractivity contribution < 1.29 is 58.6 Å². The third-order valence-corrected chi connectivity index (χ3v) is 8.68. The number of ketones is 4. The van der Waals surface area contributed by atoms with Gasteiger partial charge >= 0.3 is 0 Å². The van der Waals surface area contributed by atoms with E-state index in [1.165, 1.54) is 50.6 Å². The van der Waals surface area contributed by atoms with Gasteiger partial charge in [0.15, 0.2) is 17.3 Å². The normalized spacial score (nSPS) is 23.3. The van der Waals surface area contributed by atoms with Crippen molar-refractivity contribution in [3.8, 4) is 17.2 Å². The lowest BCUT2D eigenvalue weighted by Gasteiger charge is -2.39. The van der Waals surface area contributed by atoms with E-state index in [0.717, 1.165) is 6.08 Å². The van der Waals surface area contributed by atoms with Crippen LogP contribution in [0.2, 0.25) is 0 Å². The van der Waals surface area contributed by atoms with E-state index in [0.29, 0.717) is 16.8 Å². The second kappa shape index (κ2) is 13.0. The van der Waals surface area contributed by atoms with Crippen molar-refractivity contribution in [2.24, 2.45) is 0 Å². The first kappa shape index (κ1) is 33.7. The van der Waals surface area contributed by atoms with Crippen LogP contribution >= 0.6 is 0 Å². The van der Waals surface area contributed by atoms with Crippen molar-refractivity contribution in [3.05, 3.63) is 99.3 Å². The quantitative estimate of drug-likeness (QED) is 0.234. The minimum atomic E-state index is -1.61. The van der Waals surface area contributed by atoms with Crippen LogP contribution in [-0.4, -0.2) is 95.1 Å². The molecular weight excluding hydrogens is 638 g/mol. The van der Waals surface area contributed by atoms with E-state index in [1.807, 2.05) is 0 Å². The summed E-state index contributed by atoms with van der Waals surface area (Å²) in [7, 11) is 2.73. The second-order valence-electron chi connectivity index (χ2n) is 11.9. The fourth-order valence-electron chi connectivity index (χ4n) is 6.27. The number of methoxy groups -OCH3 is 2. The molecule has 2 aliphatic carbocycles. The number of aliphatic hydroxyl groups is 4. The SMILES string of the molecule is COc1cc(C)cc2c1C(=O)C=C(c1c(C)cc3c(c1OC)C(=O)C(Nc1ccc(OC4O[C@H](CO)[C@@H](O)[C@H](O)[C@H]4O)cc1)=CC3=O)C2=O. The third kappa shape index (κ3) is 5.81. The Hall–Kier alpha value is -5.18. The number of carbonyl (C=O) groups is 4. The van der Waals surface area contributed by atoms with Crippen LogP contribution in [0.4, 0.5) is 5.69 Å². The summed E-state index contributed by atoms with van der Waals surface area (Å²) in [5, 5.41) is 42.6. The van der Waals surface area contributed by atoms with Crippen LogP contribution in [0.1, 0.15) is 58.1 Å². The zero-order chi connectivity index (χ0) is 35.3. The third-order valence-electron chi connectivity index (χ3n) is 8.68. The molecule has 1 aliphatic heterocycles. The molecule has 13 nitrogen and oxygen atoms in total. The zero-order valence-electron chi connectivity index (χ0n) is 26.8. The van der Waals surface area contributed by atoms with Crippen molar-refractivity contribution >= 4 is 34.4 Å². The maximum absolute atomic E-state index is 14.0. The Labute approximate surface area is 280 Å². The fraction of sp³-hybridized carbons (Fsp3) is 0.278. The number of ether oxygens (including phenoxy) is 4. The number of Topliss-reactive ketones (excluding diaryl/α,β-unsaturated/α-hetero) is 2. The van der Waals surface area contributed by atoms with Gasteiger partial charge in [-0.25, -0.2) is 0 Å². The van der Waals surface area contributed by atoms with E-state index in [1.54, 1.807) is 26.0 Å². The first-order valence-corrected chi connectivity index (χ1v) is 15.2. The van der Waals surface area contributed by atoms with Crippen molar-refractivity contribution in [2.45, 2.75) is 44.6 Å². The Morgan fingerprint density at radius 2 is 1.49 bits per heavy atom. The van der Waals surface area contributed by atoms with Gasteiger partial charge in [0.05, 0.1) is 37.7 Å². The number of benzene rings is 3. The van der Waals surface area contributed by atoms with Crippen LogP contribution in [0.25, 0.3) is 5.57 Å². The standard InChI is InChI=1S/C36H33NO12/c1-15-9-20-28(25(10-15)46-3)24(40)12-21(30(20)41)27-16(2)11-19-23(39)13-22(31(42)29(19)35(27)47-4)37-17-5-7-18(8-6-17)48-36-34(45)33(44)32(43)26(14-38)49-36/h5-13,26,32-34,36-38,43-45H,14H2,1-4H3/t26-,32-,33+,34-,36?/m1/s1. The number of hydrogen-bond donors (Lipinski definition) is 5. The van der Waals surface area contributed by atoms with Gasteiger partial charge in [0.1, 0.15) is 41.7 Å². The summed E-state index contributed by atoms with van der Waals surface area (Å²) in [6.45, 7) is 2.82. The molecule has 0 saturated carbocycles. The van der Waals surface area contributed by atoms with Crippen molar-refractivity contribution in [2.75, 3.05) is 26.1 Å². The average molecular weight is 672 g/mol. The molecule has 254 valence electrons. The number of nitrogens with one attached hydrogen (secondary N) is 1. The number of aryl methyl sites for hydroxylation is 2. The van der Waals surface area contributed by atoms with Crippen molar-refractivity contribution in [1.82, 2.24) is 0 Å². The predicted molar refractivity (Wildman–Crippen MR) is 173 cm³/mol. The van der Waals surface area contributed by atoms with Gasteiger partial charge in [-0.3, -0.25) is 19.2 Å². The summed E-state index contributed by atoms with van der Waals surface area (Å²) in [6, 6.07) is 10.8. The Morgan fingerprint density at radius 3 is 2.14 bits per heavy atom. The summed E-state index contributed by atoms with van der Waals surface area (Å²) < 4.78 is 22.1. The number of rotatable bonds is 8. The molecule has 1 heterocycles. The van der Waals surface area contributed by atoms with Gasteiger partial charge in [-0.1, -0.05) is 0 Å². The molecule has 0 bridgehead atoms.